The van der Waals surface area contributed by atoms with E-state index in [9.17, 15) is 0 Å². The van der Waals surface area contributed by atoms with Gasteiger partial charge in [0.25, 0.3) is 0 Å². The molecule has 0 saturated carbocycles. The van der Waals surface area contributed by atoms with E-state index in [0.29, 0.717) is 13.2 Å². The molecule has 6 nitrogen and oxygen atoms in total. The number of nitrogens with zero attached hydrogens (tertiary/aromatic N) is 3. The van der Waals surface area contributed by atoms with Crippen LogP contribution in [0.2, 0.25) is 0 Å². The Morgan fingerprint density at radius 1 is 1.04 bits per heavy atom. The quantitative estimate of drug-likeness (QED) is 0.860. The summed E-state index contributed by atoms with van der Waals surface area (Å²) in [6.07, 6.45) is 1.69. The molecule has 2 saturated heterocycles. The van der Waals surface area contributed by atoms with E-state index in [4.69, 9.17) is 14.5 Å². The second kappa shape index (κ2) is 7.33. The number of hydrogen-bond donors (Lipinski definition) is 1. The summed E-state index contributed by atoms with van der Waals surface area (Å²) in [6.45, 7) is 11.7. The standard InChI is InChI=1S/C22H30N4O2/c1-16-15-19(24-18-8-6-5-7-17(18)21(2,3)4)25-20(23-16)26-11-9-22(10-12-26)27-13-14-28-22/h5-8,15H,9-14H2,1-4H3,(H,23,24,25). The van der Waals surface area contributed by atoms with Crippen LogP contribution in [0.25, 0.3) is 0 Å². The zero-order valence-corrected chi connectivity index (χ0v) is 17.3. The minimum atomic E-state index is -0.382. The van der Waals surface area contributed by atoms with Gasteiger partial charge in [-0.3, -0.25) is 0 Å². The minimum absolute atomic E-state index is 0.0525. The SMILES string of the molecule is Cc1cc(Nc2ccccc2C(C)(C)C)nc(N2CCC3(CC2)OCCO3)n1. The molecule has 0 amide bonds. The van der Waals surface area contributed by atoms with Crippen LogP contribution in [0.5, 0.6) is 0 Å². The first-order valence-electron chi connectivity index (χ1n) is 10.1. The molecule has 1 N–H and O–H groups in total. The second-order valence-electron chi connectivity index (χ2n) is 8.71. The summed E-state index contributed by atoms with van der Waals surface area (Å²) >= 11 is 0. The molecule has 6 heteroatoms. The highest BCUT2D eigenvalue weighted by Gasteiger charge is 2.40. The van der Waals surface area contributed by atoms with Gasteiger partial charge in [-0.1, -0.05) is 39.0 Å². The molecule has 4 rings (SSSR count). The Hall–Kier alpha value is -2.18. The Morgan fingerprint density at radius 2 is 1.71 bits per heavy atom. The minimum Gasteiger partial charge on any atom is -0.347 e. The first-order valence-corrected chi connectivity index (χ1v) is 10.1. The maximum Gasteiger partial charge on any atom is 0.227 e. The van der Waals surface area contributed by atoms with Gasteiger partial charge >= 0.3 is 0 Å². The molecule has 28 heavy (non-hydrogen) atoms. The lowest BCUT2D eigenvalue weighted by molar-refractivity contribution is -0.169. The molecule has 150 valence electrons. The van der Waals surface area contributed by atoms with Crippen molar-refractivity contribution in [1.82, 2.24) is 9.97 Å². The van der Waals surface area contributed by atoms with E-state index < -0.39 is 0 Å². The van der Waals surface area contributed by atoms with E-state index in [1.165, 1.54) is 5.56 Å². The number of aromatic nitrogens is 2. The second-order valence-corrected chi connectivity index (χ2v) is 8.71. The van der Waals surface area contributed by atoms with Gasteiger partial charge in [0.05, 0.1) is 13.2 Å². The van der Waals surface area contributed by atoms with Crippen molar-refractivity contribution >= 4 is 17.5 Å². The van der Waals surface area contributed by atoms with Crippen LogP contribution in [-0.4, -0.2) is 42.1 Å². The highest BCUT2D eigenvalue weighted by molar-refractivity contribution is 5.63. The highest BCUT2D eigenvalue weighted by atomic mass is 16.7. The topological polar surface area (TPSA) is 59.5 Å². The first-order chi connectivity index (χ1) is 13.3. The third-order valence-corrected chi connectivity index (χ3v) is 5.46. The molecule has 0 radical (unpaired) electrons. The van der Waals surface area contributed by atoms with E-state index in [0.717, 1.165) is 49.1 Å². The van der Waals surface area contributed by atoms with E-state index >= 15 is 0 Å². The number of anilines is 3. The summed E-state index contributed by atoms with van der Waals surface area (Å²) in [4.78, 5) is 11.7. The highest BCUT2D eigenvalue weighted by Crippen LogP contribution is 2.34. The van der Waals surface area contributed by atoms with Gasteiger partial charge in [-0.25, -0.2) is 4.98 Å². The summed E-state index contributed by atoms with van der Waals surface area (Å²) < 4.78 is 11.7. The van der Waals surface area contributed by atoms with Crippen molar-refractivity contribution in [3.8, 4) is 0 Å². The predicted molar refractivity (Wildman–Crippen MR) is 111 cm³/mol. The molecule has 0 atom stereocenters. The first kappa shape index (κ1) is 19.2. The number of nitrogens with one attached hydrogen (secondary N) is 1. The Labute approximate surface area is 167 Å². The van der Waals surface area contributed by atoms with Crippen LogP contribution in [0.4, 0.5) is 17.5 Å². The van der Waals surface area contributed by atoms with Crippen LogP contribution < -0.4 is 10.2 Å². The molecular formula is C22H30N4O2. The van der Waals surface area contributed by atoms with Crippen LogP contribution in [-0.2, 0) is 14.9 Å². The fourth-order valence-corrected chi connectivity index (χ4v) is 3.98. The smallest absolute Gasteiger partial charge is 0.227 e. The van der Waals surface area contributed by atoms with Crippen LogP contribution in [0, 0.1) is 6.92 Å². The van der Waals surface area contributed by atoms with Gasteiger partial charge in [-0.05, 0) is 24.0 Å². The summed E-state index contributed by atoms with van der Waals surface area (Å²) in [5.74, 6) is 1.21. The molecule has 1 spiro atoms. The Morgan fingerprint density at radius 3 is 2.39 bits per heavy atom. The number of rotatable bonds is 3. The van der Waals surface area contributed by atoms with Crippen molar-refractivity contribution in [2.45, 2.75) is 51.7 Å². The lowest BCUT2D eigenvalue weighted by Crippen LogP contribution is -2.45. The molecular weight excluding hydrogens is 352 g/mol. The Kier molecular flexibility index (Phi) is 5.02. The third-order valence-electron chi connectivity index (χ3n) is 5.46. The fourth-order valence-electron chi connectivity index (χ4n) is 3.98. The number of ether oxygens (including phenoxy) is 2. The van der Waals surface area contributed by atoms with Gasteiger partial charge in [-0.15, -0.1) is 0 Å². The van der Waals surface area contributed by atoms with Gasteiger partial charge in [0.1, 0.15) is 5.82 Å². The van der Waals surface area contributed by atoms with E-state index in [-0.39, 0.29) is 11.2 Å². The predicted octanol–water partition coefficient (Wildman–Crippen LogP) is 4.17. The van der Waals surface area contributed by atoms with Crippen molar-refractivity contribution < 1.29 is 9.47 Å². The lowest BCUT2D eigenvalue weighted by Gasteiger charge is -2.37. The van der Waals surface area contributed by atoms with Crippen LogP contribution in [0.15, 0.2) is 30.3 Å². The summed E-state index contributed by atoms with van der Waals surface area (Å²) in [5.41, 5.74) is 3.36. The lowest BCUT2D eigenvalue weighted by atomic mass is 9.86. The Bertz CT molecular complexity index is 831. The number of hydrogen-bond acceptors (Lipinski definition) is 6. The van der Waals surface area contributed by atoms with Crippen molar-refractivity contribution in [3.05, 3.63) is 41.6 Å². The van der Waals surface area contributed by atoms with Crippen molar-refractivity contribution in [2.75, 3.05) is 36.5 Å². The van der Waals surface area contributed by atoms with Gasteiger partial charge in [0.2, 0.25) is 5.95 Å². The maximum absolute atomic E-state index is 5.84. The number of para-hydroxylation sites is 1. The van der Waals surface area contributed by atoms with Crippen LogP contribution in [0.1, 0.15) is 44.9 Å². The summed E-state index contributed by atoms with van der Waals surface area (Å²) in [7, 11) is 0. The van der Waals surface area contributed by atoms with E-state index in [2.05, 4.69) is 60.2 Å². The number of piperidine rings is 1. The molecule has 0 aliphatic carbocycles. The molecule has 2 aliphatic heterocycles. The van der Waals surface area contributed by atoms with Crippen molar-refractivity contribution in [2.24, 2.45) is 0 Å². The van der Waals surface area contributed by atoms with E-state index in [1.54, 1.807) is 0 Å². The average Bonchev–Trinajstić information content (AvgIpc) is 3.09. The maximum atomic E-state index is 5.84. The molecule has 1 aromatic heterocycles. The van der Waals surface area contributed by atoms with Crippen LogP contribution >= 0.6 is 0 Å². The molecule has 0 bridgehead atoms. The third kappa shape index (κ3) is 3.98. The zero-order chi connectivity index (χ0) is 19.8. The normalized spacial score (nSPS) is 19.2. The van der Waals surface area contributed by atoms with Crippen molar-refractivity contribution in [1.29, 1.82) is 0 Å². The summed E-state index contributed by atoms with van der Waals surface area (Å²) in [5, 5.41) is 3.52. The molecule has 2 aliphatic rings. The largest absolute Gasteiger partial charge is 0.347 e. The van der Waals surface area contributed by atoms with Crippen LogP contribution in [0.3, 0.4) is 0 Å². The molecule has 3 heterocycles. The van der Waals surface area contributed by atoms with Crippen molar-refractivity contribution in [3.63, 3.8) is 0 Å². The van der Waals surface area contributed by atoms with Gasteiger partial charge < -0.3 is 19.7 Å². The monoisotopic (exact) mass is 382 g/mol. The van der Waals surface area contributed by atoms with E-state index in [1.807, 2.05) is 13.0 Å². The number of aryl methyl sites for hydroxylation is 1. The fraction of sp³-hybridized carbons (Fsp3) is 0.545. The van der Waals surface area contributed by atoms with Gasteiger partial charge in [-0.2, -0.15) is 4.98 Å². The molecule has 2 aromatic rings. The zero-order valence-electron chi connectivity index (χ0n) is 17.3. The molecule has 1 aromatic carbocycles. The molecule has 0 unspecified atom stereocenters. The van der Waals surface area contributed by atoms with Gasteiger partial charge in [0.15, 0.2) is 5.79 Å². The van der Waals surface area contributed by atoms with Gasteiger partial charge in [0, 0.05) is 43.4 Å². The number of benzene rings is 1. The summed E-state index contributed by atoms with van der Waals surface area (Å²) in [6, 6.07) is 10.4. The average molecular weight is 383 g/mol. The molecule has 2 fully saturated rings. The Balaban J connectivity index is 1.54.